The summed E-state index contributed by atoms with van der Waals surface area (Å²) in [5.74, 6) is -0.185. The van der Waals surface area contributed by atoms with Crippen molar-refractivity contribution in [3.63, 3.8) is 0 Å². The summed E-state index contributed by atoms with van der Waals surface area (Å²) in [5, 5.41) is 3.68. The average Bonchev–Trinajstić information content (AvgIpc) is 3.13. The highest BCUT2D eigenvalue weighted by Crippen LogP contribution is 2.32. The number of imidazole rings is 1. The molecule has 0 aliphatic rings. The summed E-state index contributed by atoms with van der Waals surface area (Å²) < 4.78 is 38.2. The normalized spacial score (nSPS) is 13.0. The van der Waals surface area contributed by atoms with E-state index in [9.17, 15) is 12.8 Å². The maximum absolute atomic E-state index is 13.5. The monoisotopic (exact) mass is 478 g/mol. The molecule has 1 aromatic carbocycles. The minimum Gasteiger partial charge on any atom is -0.348 e. The second-order valence-electron chi connectivity index (χ2n) is 5.54. The quantitative estimate of drug-likeness (QED) is 0.568. The van der Waals surface area contributed by atoms with Crippen molar-refractivity contribution in [1.82, 2.24) is 15.0 Å². The van der Waals surface area contributed by atoms with Crippen LogP contribution in [0.1, 0.15) is 23.1 Å². The number of benzene rings is 1. The molecule has 0 radical (unpaired) electrons. The lowest BCUT2D eigenvalue weighted by Crippen LogP contribution is -2.14. The molecule has 0 spiro atoms. The summed E-state index contributed by atoms with van der Waals surface area (Å²) in [4.78, 5) is 11.4. The molecular formula is C15H13BrClFN4O2S2. The van der Waals surface area contributed by atoms with Gasteiger partial charge in [0.15, 0.2) is 20.0 Å². The van der Waals surface area contributed by atoms with Crippen LogP contribution < -0.4 is 5.32 Å². The van der Waals surface area contributed by atoms with Crippen molar-refractivity contribution in [3.05, 3.63) is 56.1 Å². The minimum atomic E-state index is -3.49. The Morgan fingerprint density at radius 1 is 1.42 bits per heavy atom. The van der Waals surface area contributed by atoms with E-state index < -0.39 is 21.7 Å². The summed E-state index contributed by atoms with van der Waals surface area (Å²) in [6, 6.07) is 3.67. The number of aryl methyl sites for hydroxylation is 1. The highest BCUT2D eigenvalue weighted by atomic mass is 79.9. The van der Waals surface area contributed by atoms with Crippen LogP contribution in [0, 0.1) is 12.7 Å². The van der Waals surface area contributed by atoms with E-state index >= 15 is 0 Å². The summed E-state index contributed by atoms with van der Waals surface area (Å²) >= 11 is 10.6. The Labute approximate surface area is 166 Å². The first-order valence-electron chi connectivity index (χ1n) is 7.24. The first kappa shape index (κ1) is 19.3. The molecule has 3 aromatic rings. The van der Waals surface area contributed by atoms with Gasteiger partial charge in [0.1, 0.15) is 17.7 Å². The van der Waals surface area contributed by atoms with Crippen molar-refractivity contribution >= 4 is 53.8 Å². The zero-order chi connectivity index (χ0) is 19.1. The van der Waals surface area contributed by atoms with Gasteiger partial charge in [-0.2, -0.15) is 0 Å². The fourth-order valence-corrected chi connectivity index (χ4v) is 4.61. The summed E-state index contributed by atoms with van der Waals surface area (Å²) in [7, 11) is -3.49. The van der Waals surface area contributed by atoms with Gasteiger partial charge in [0, 0.05) is 6.26 Å². The molecular weight excluding hydrogens is 467 g/mol. The molecule has 26 heavy (non-hydrogen) atoms. The van der Waals surface area contributed by atoms with Gasteiger partial charge in [-0.05, 0) is 40.5 Å². The van der Waals surface area contributed by atoms with Gasteiger partial charge in [-0.25, -0.2) is 22.8 Å². The number of nitrogens with one attached hydrogen (secondary N) is 2. The van der Waals surface area contributed by atoms with Crippen LogP contribution >= 0.6 is 38.9 Å². The predicted molar refractivity (Wildman–Crippen MR) is 103 cm³/mol. The highest BCUT2D eigenvalue weighted by Gasteiger charge is 2.24. The first-order chi connectivity index (χ1) is 12.1. The zero-order valence-electron chi connectivity index (χ0n) is 13.5. The van der Waals surface area contributed by atoms with Crippen LogP contribution in [0.4, 0.5) is 9.52 Å². The van der Waals surface area contributed by atoms with Gasteiger partial charge < -0.3 is 10.3 Å². The number of aromatic amines is 1. The van der Waals surface area contributed by atoms with Gasteiger partial charge in [-0.1, -0.05) is 29.0 Å². The lowest BCUT2D eigenvalue weighted by molar-refractivity contribution is 0.597. The third-order valence-corrected chi connectivity index (χ3v) is 6.30. The van der Waals surface area contributed by atoms with Crippen molar-refractivity contribution < 1.29 is 12.8 Å². The maximum atomic E-state index is 13.5. The topological polar surface area (TPSA) is 87.7 Å². The SMILES string of the molecule is Cc1[nH]c(C(Nc2ncc(Br)s2)c2ccc(F)c(Cl)c2)nc1S(C)(=O)=O. The Balaban J connectivity index is 2.09. The second-order valence-corrected chi connectivity index (χ2v) is 10.3. The van der Waals surface area contributed by atoms with E-state index in [1.165, 1.54) is 23.5 Å². The van der Waals surface area contributed by atoms with Crippen LogP contribution in [0.15, 0.2) is 33.2 Å². The van der Waals surface area contributed by atoms with Gasteiger partial charge in [0.25, 0.3) is 0 Å². The molecule has 0 aliphatic carbocycles. The lowest BCUT2D eigenvalue weighted by atomic mass is 10.1. The van der Waals surface area contributed by atoms with Crippen LogP contribution in [-0.4, -0.2) is 29.6 Å². The van der Waals surface area contributed by atoms with E-state index in [0.29, 0.717) is 22.2 Å². The van der Waals surface area contributed by atoms with Gasteiger partial charge in [0.2, 0.25) is 0 Å². The molecule has 0 saturated heterocycles. The largest absolute Gasteiger partial charge is 0.348 e. The Morgan fingerprint density at radius 2 is 2.15 bits per heavy atom. The van der Waals surface area contributed by atoms with E-state index in [2.05, 4.69) is 36.2 Å². The van der Waals surface area contributed by atoms with Crippen LogP contribution in [0.5, 0.6) is 0 Å². The molecule has 6 nitrogen and oxygen atoms in total. The number of halogens is 3. The van der Waals surface area contributed by atoms with Crippen molar-refractivity contribution in [2.45, 2.75) is 18.0 Å². The van der Waals surface area contributed by atoms with Gasteiger partial charge in [-0.3, -0.25) is 0 Å². The number of hydrogen-bond donors (Lipinski definition) is 2. The Bertz CT molecular complexity index is 1070. The molecule has 2 aromatic heterocycles. The minimum absolute atomic E-state index is 0.0344. The molecule has 2 heterocycles. The molecule has 1 unspecified atom stereocenters. The number of aromatic nitrogens is 3. The fraction of sp³-hybridized carbons (Fsp3) is 0.200. The number of thiazole rings is 1. The van der Waals surface area contributed by atoms with Crippen LogP contribution in [0.2, 0.25) is 5.02 Å². The van der Waals surface area contributed by atoms with E-state index in [4.69, 9.17) is 11.6 Å². The number of H-pyrrole nitrogens is 1. The van der Waals surface area contributed by atoms with Crippen LogP contribution in [-0.2, 0) is 9.84 Å². The van der Waals surface area contributed by atoms with Gasteiger partial charge in [-0.15, -0.1) is 0 Å². The van der Waals surface area contributed by atoms with E-state index in [1.54, 1.807) is 19.2 Å². The molecule has 0 fully saturated rings. The van der Waals surface area contributed by atoms with Crippen LogP contribution in [0.25, 0.3) is 0 Å². The molecule has 2 N–H and O–H groups in total. The molecule has 0 saturated carbocycles. The van der Waals surface area contributed by atoms with E-state index in [1.807, 2.05) is 0 Å². The Kier molecular flexibility index (Phi) is 5.38. The van der Waals surface area contributed by atoms with Gasteiger partial charge >= 0.3 is 0 Å². The number of anilines is 1. The van der Waals surface area contributed by atoms with Crippen molar-refractivity contribution in [3.8, 4) is 0 Å². The molecule has 0 aliphatic heterocycles. The standard InChI is InChI=1S/C15H13BrClFN4O2S2/c1-7-14(26(2,23)24)22-13(20-7)12(21-15-19-6-11(16)25-15)8-3-4-10(18)9(17)5-8/h3-6,12H,1-2H3,(H,19,21)(H,20,22). The summed E-state index contributed by atoms with van der Waals surface area (Å²) in [5.41, 5.74) is 1.03. The fourth-order valence-electron chi connectivity index (χ4n) is 2.41. The smallest absolute Gasteiger partial charge is 0.194 e. The number of hydrogen-bond acceptors (Lipinski definition) is 6. The number of rotatable bonds is 5. The molecule has 3 rings (SSSR count). The van der Waals surface area contributed by atoms with Crippen LogP contribution in [0.3, 0.4) is 0 Å². The molecule has 1 atom stereocenters. The van der Waals surface area contributed by atoms with E-state index in [-0.39, 0.29) is 10.0 Å². The average molecular weight is 480 g/mol. The van der Waals surface area contributed by atoms with Crippen molar-refractivity contribution in [2.24, 2.45) is 0 Å². The molecule has 0 amide bonds. The summed E-state index contributed by atoms with van der Waals surface area (Å²) in [6.45, 7) is 1.63. The second kappa shape index (κ2) is 7.26. The van der Waals surface area contributed by atoms with E-state index in [0.717, 1.165) is 10.0 Å². The first-order valence-corrected chi connectivity index (χ1v) is 11.1. The van der Waals surface area contributed by atoms with Crippen molar-refractivity contribution in [2.75, 3.05) is 11.6 Å². The van der Waals surface area contributed by atoms with Crippen molar-refractivity contribution in [1.29, 1.82) is 0 Å². The summed E-state index contributed by atoms with van der Waals surface area (Å²) in [6.07, 6.45) is 2.73. The Morgan fingerprint density at radius 3 is 2.69 bits per heavy atom. The third kappa shape index (κ3) is 4.08. The highest BCUT2D eigenvalue weighted by molar-refractivity contribution is 9.11. The number of nitrogens with zero attached hydrogens (tertiary/aromatic N) is 2. The molecule has 0 bridgehead atoms. The lowest BCUT2D eigenvalue weighted by Gasteiger charge is -2.17. The number of sulfone groups is 1. The van der Waals surface area contributed by atoms with Gasteiger partial charge in [0.05, 0.1) is 20.7 Å². The third-order valence-electron chi connectivity index (χ3n) is 3.51. The molecule has 138 valence electrons. The molecule has 11 heteroatoms. The Hall–Kier alpha value is -1.49. The zero-order valence-corrected chi connectivity index (χ0v) is 17.5. The predicted octanol–water partition coefficient (Wildman–Crippen LogP) is 4.33. The maximum Gasteiger partial charge on any atom is 0.194 e.